The number of rotatable bonds is 5. The number of hydrogen-bond donors (Lipinski definition) is 1. The molecule has 0 radical (unpaired) electrons. The van der Waals surface area contributed by atoms with E-state index in [-0.39, 0.29) is 18.0 Å². The van der Waals surface area contributed by atoms with Gasteiger partial charge in [0.2, 0.25) is 5.91 Å². The number of benzene rings is 1. The van der Waals surface area contributed by atoms with E-state index in [1.165, 1.54) is 6.07 Å². The van der Waals surface area contributed by atoms with Gasteiger partial charge in [0.05, 0.1) is 18.9 Å². The van der Waals surface area contributed by atoms with Gasteiger partial charge in [-0.1, -0.05) is 0 Å². The molecule has 3 aromatic rings. The summed E-state index contributed by atoms with van der Waals surface area (Å²) in [6.07, 6.45) is 0. The number of aromatic nitrogens is 4. The Morgan fingerprint density at radius 2 is 1.80 bits per heavy atom. The number of hydrogen-bond acceptors (Lipinski definition) is 6. The van der Waals surface area contributed by atoms with Crippen LogP contribution in [0.3, 0.4) is 0 Å². The Morgan fingerprint density at radius 3 is 2.47 bits per heavy atom. The average Bonchev–Trinajstić information content (AvgIpc) is 3.09. The fourth-order valence-electron chi connectivity index (χ4n) is 3.44. The molecule has 2 aromatic heterocycles. The van der Waals surface area contributed by atoms with Crippen molar-refractivity contribution in [3.8, 4) is 5.82 Å². The lowest BCUT2D eigenvalue weighted by molar-refractivity contribution is -0.117. The summed E-state index contributed by atoms with van der Waals surface area (Å²) in [6, 6.07) is 12.5. The van der Waals surface area contributed by atoms with E-state index in [4.69, 9.17) is 4.74 Å². The zero-order chi connectivity index (χ0) is 21.1. The van der Waals surface area contributed by atoms with Gasteiger partial charge in [0.25, 0.3) is 5.56 Å². The Morgan fingerprint density at radius 1 is 1.07 bits per heavy atom. The van der Waals surface area contributed by atoms with Gasteiger partial charge in [-0.05, 0) is 50.2 Å². The van der Waals surface area contributed by atoms with Crippen LogP contribution >= 0.6 is 0 Å². The smallest absolute Gasteiger partial charge is 0.267 e. The summed E-state index contributed by atoms with van der Waals surface area (Å²) in [6.45, 7) is 6.75. The topological polar surface area (TPSA) is 94.3 Å². The first-order valence-corrected chi connectivity index (χ1v) is 9.84. The lowest BCUT2D eigenvalue weighted by Crippen LogP contribution is -2.36. The molecule has 9 heteroatoms. The quantitative estimate of drug-likeness (QED) is 0.688. The van der Waals surface area contributed by atoms with E-state index < -0.39 is 0 Å². The molecule has 156 valence electrons. The monoisotopic (exact) mass is 408 g/mol. The molecule has 9 nitrogen and oxygen atoms in total. The Balaban J connectivity index is 1.44. The molecule has 0 saturated carbocycles. The predicted molar refractivity (Wildman–Crippen MR) is 113 cm³/mol. The van der Waals surface area contributed by atoms with Crippen molar-refractivity contribution in [3.63, 3.8) is 0 Å². The maximum Gasteiger partial charge on any atom is 0.267 e. The fourth-order valence-corrected chi connectivity index (χ4v) is 3.44. The van der Waals surface area contributed by atoms with Gasteiger partial charge in [-0.15, -0.1) is 5.10 Å². The van der Waals surface area contributed by atoms with Crippen LogP contribution in [0.15, 0.2) is 47.3 Å². The van der Waals surface area contributed by atoms with Gasteiger partial charge in [0.1, 0.15) is 6.54 Å². The standard InChI is InChI=1S/C21H24N6O3/c1-15-13-16(2)27(23-15)19-7-8-21(29)26(24-19)14-20(28)22-17-3-5-18(6-4-17)25-9-11-30-12-10-25/h3-8,13H,9-12,14H2,1-2H3,(H,22,28). The fraction of sp³-hybridized carbons (Fsp3) is 0.333. The second kappa shape index (κ2) is 8.50. The van der Waals surface area contributed by atoms with Crippen LogP contribution in [0.5, 0.6) is 0 Å². The van der Waals surface area contributed by atoms with Crippen LogP contribution in [0.1, 0.15) is 11.4 Å². The van der Waals surface area contributed by atoms with Crippen molar-refractivity contribution in [2.24, 2.45) is 0 Å². The normalized spacial score (nSPS) is 14.0. The third kappa shape index (κ3) is 4.41. The second-order valence-corrected chi connectivity index (χ2v) is 7.22. The van der Waals surface area contributed by atoms with Crippen molar-refractivity contribution in [1.82, 2.24) is 19.6 Å². The summed E-state index contributed by atoms with van der Waals surface area (Å²) in [5, 5.41) is 11.5. The van der Waals surface area contributed by atoms with Crippen LogP contribution in [0.2, 0.25) is 0 Å². The minimum absolute atomic E-state index is 0.183. The highest BCUT2D eigenvalue weighted by Gasteiger charge is 2.13. The zero-order valence-electron chi connectivity index (χ0n) is 17.0. The molecule has 3 heterocycles. The highest BCUT2D eigenvalue weighted by Crippen LogP contribution is 2.19. The molecule has 30 heavy (non-hydrogen) atoms. The molecule has 1 aromatic carbocycles. The van der Waals surface area contributed by atoms with E-state index in [0.717, 1.165) is 48.1 Å². The van der Waals surface area contributed by atoms with Crippen molar-refractivity contribution in [1.29, 1.82) is 0 Å². The molecule has 0 unspecified atom stereocenters. The molecular weight excluding hydrogens is 384 g/mol. The van der Waals surface area contributed by atoms with Gasteiger partial charge in [0.15, 0.2) is 5.82 Å². The molecule has 1 N–H and O–H groups in total. The number of morpholine rings is 1. The summed E-state index contributed by atoms with van der Waals surface area (Å²) >= 11 is 0. The number of ether oxygens (including phenoxy) is 1. The van der Waals surface area contributed by atoms with Crippen molar-refractivity contribution >= 4 is 17.3 Å². The third-order valence-electron chi connectivity index (χ3n) is 4.90. The Kier molecular flexibility index (Phi) is 5.62. The van der Waals surface area contributed by atoms with Crippen LogP contribution in [0, 0.1) is 13.8 Å². The van der Waals surface area contributed by atoms with Crippen molar-refractivity contribution in [2.75, 3.05) is 36.5 Å². The van der Waals surface area contributed by atoms with Gasteiger partial charge in [0, 0.05) is 36.2 Å². The molecule has 1 amide bonds. The molecule has 0 spiro atoms. The van der Waals surface area contributed by atoms with E-state index >= 15 is 0 Å². The molecule has 0 aliphatic carbocycles. The molecule has 0 atom stereocenters. The highest BCUT2D eigenvalue weighted by molar-refractivity contribution is 5.90. The maximum absolute atomic E-state index is 12.5. The van der Waals surface area contributed by atoms with Gasteiger partial charge in [-0.3, -0.25) is 9.59 Å². The zero-order valence-corrected chi connectivity index (χ0v) is 17.0. The van der Waals surface area contributed by atoms with Crippen LogP contribution < -0.4 is 15.8 Å². The first-order chi connectivity index (χ1) is 14.5. The third-order valence-corrected chi connectivity index (χ3v) is 4.90. The van der Waals surface area contributed by atoms with Gasteiger partial charge >= 0.3 is 0 Å². The van der Waals surface area contributed by atoms with Crippen molar-refractivity contribution in [3.05, 3.63) is 64.2 Å². The van der Waals surface area contributed by atoms with Gasteiger partial charge < -0.3 is 15.0 Å². The number of carbonyl (C=O) groups excluding carboxylic acids is 1. The van der Waals surface area contributed by atoms with Gasteiger partial charge in [-0.2, -0.15) is 5.10 Å². The number of anilines is 2. The maximum atomic E-state index is 12.5. The van der Waals surface area contributed by atoms with E-state index in [1.807, 2.05) is 44.2 Å². The van der Waals surface area contributed by atoms with Crippen LogP contribution in [-0.4, -0.2) is 51.8 Å². The minimum atomic E-state index is -0.349. The highest BCUT2D eigenvalue weighted by atomic mass is 16.5. The van der Waals surface area contributed by atoms with Crippen LogP contribution in [0.25, 0.3) is 5.82 Å². The molecule has 4 rings (SSSR count). The molecule has 1 aliphatic heterocycles. The molecule has 1 saturated heterocycles. The first-order valence-electron chi connectivity index (χ1n) is 9.84. The molecule has 1 fully saturated rings. The lowest BCUT2D eigenvalue weighted by atomic mass is 10.2. The van der Waals surface area contributed by atoms with E-state index in [0.29, 0.717) is 11.5 Å². The Bertz CT molecular complexity index is 1100. The summed E-state index contributed by atoms with van der Waals surface area (Å²) in [5.41, 5.74) is 3.16. The van der Waals surface area contributed by atoms with E-state index in [2.05, 4.69) is 20.4 Å². The van der Waals surface area contributed by atoms with Gasteiger partial charge in [-0.25, -0.2) is 9.36 Å². The Hall–Kier alpha value is -3.46. The van der Waals surface area contributed by atoms with Crippen LogP contribution in [-0.2, 0) is 16.1 Å². The van der Waals surface area contributed by atoms with Crippen molar-refractivity contribution in [2.45, 2.75) is 20.4 Å². The first kappa shape index (κ1) is 19.8. The minimum Gasteiger partial charge on any atom is -0.378 e. The second-order valence-electron chi connectivity index (χ2n) is 7.22. The number of carbonyl (C=O) groups is 1. The number of amides is 1. The van der Waals surface area contributed by atoms with E-state index in [9.17, 15) is 9.59 Å². The largest absolute Gasteiger partial charge is 0.378 e. The SMILES string of the molecule is Cc1cc(C)n(-c2ccc(=O)n(CC(=O)Nc3ccc(N4CCOCC4)cc3)n2)n1. The summed E-state index contributed by atoms with van der Waals surface area (Å²) < 4.78 is 8.16. The Labute approximate surface area is 173 Å². The molecule has 1 aliphatic rings. The lowest BCUT2D eigenvalue weighted by Gasteiger charge is -2.28. The summed E-state index contributed by atoms with van der Waals surface area (Å²) in [4.78, 5) is 26.9. The number of nitrogens with zero attached hydrogens (tertiary/aromatic N) is 5. The predicted octanol–water partition coefficient (Wildman–Crippen LogP) is 1.52. The summed E-state index contributed by atoms with van der Waals surface area (Å²) in [7, 11) is 0. The molecular formula is C21H24N6O3. The van der Waals surface area contributed by atoms with E-state index in [1.54, 1.807) is 10.7 Å². The number of aryl methyl sites for hydroxylation is 2. The average molecular weight is 408 g/mol. The number of nitrogens with one attached hydrogen (secondary N) is 1. The summed E-state index contributed by atoms with van der Waals surface area (Å²) in [5.74, 6) is 0.164. The van der Waals surface area contributed by atoms with Crippen molar-refractivity contribution < 1.29 is 9.53 Å². The van der Waals surface area contributed by atoms with Crippen LogP contribution in [0.4, 0.5) is 11.4 Å². The molecule has 0 bridgehead atoms.